The molecule has 0 saturated carbocycles. The fraction of sp³-hybridized carbons (Fsp3) is 0.125. The van der Waals surface area contributed by atoms with Crippen LogP contribution in [0.4, 0.5) is 13.2 Å². The summed E-state index contributed by atoms with van der Waals surface area (Å²) in [6, 6.07) is 5.22. The Morgan fingerprint density at radius 1 is 1.08 bits per heavy atom. The molecule has 0 bridgehead atoms. The van der Waals surface area contributed by atoms with Crippen LogP contribution in [0.5, 0.6) is 0 Å². The molecule has 1 aromatic carbocycles. The SMILES string of the molecule is [Br-].[CH2-]c1ccccc1C(F)(F)F.[Zn+2]. The van der Waals surface area contributed by atoms with Gasteiger partial charge in [-0.1, -0.05) is 6.07 Å². The minimum absolute atomic E-state index is 0. The van der Waals surface area contributed by atoms with E-state index in [4.69, 9.17) is 0 Å². The third-order valence-electron chi connectivity index (χ3n) is 1.32. The van der Waals surface area contributed by atoms with Gasteiger partial charge in [-0.2, -0.15) is 31.7 Å². The van der Waals surface area contributed by atoms with E-state index in [1.165, 1.54) is 18.2 Å². The van der Waals surface area contributed by atoms with Crippen molar-refractivity contribution in [1.82, 2.24) is 0 Å². The Hall–Kier alpha value is -0.0166. The molecule has 68 valence electrons. The third kappa shape index (κ3) is 4.14. The topological polar surface area (TPSA) is 0 Å². The van der Waals surface area contributed by atoms with Crippen molar-refractivity contribution in [3.63, 3.8) is 0 Å². The van der Waals surface area contributed by atoms with E-state index >= 15 is 0 Å². The van der Waals surface area contributed by atoms with Crippen molar-refractivity contribution in [3.8, 4) is 0 Å². The van der Waals surface area contributed by atoms with Crippen molar-refractivity contribution in [3.05, 3.63) is 42.3 Å². The Bertz CT molecular complexity index is 260. The third-order valence-corrected chi connectivity index (χ3v) is 1.32. The molecule has 5 heteroatoms. The molecule has 0 atom stereocenters. The fourth-order valence-corrected chi connectivity index (χ4v) is 0.797. The quantitative estimate of drug-likeness (QED) is 0.463. The molecule has 0 saturated heterocycles. The van der Waals surface area contributed by atoms with Crippen LogP contribution in [0.25, 0.3) is 0 Å². The Labute approximate surface area is 98.1 Å². The number of hydrogen-bond donors (Lipinski definition) is 0. The molecule has 0 aliphatic carbocycles. The summed E-state index contributed by atoms with van der Waals surface area (Å²) in [4.78, 5) is 0. The molecule has 0 unspecified atom stereocenters. The molecular weight excluding hydrogens is 298 g/mol. The number of rotatable bonds is 0. The van der Waals surface area contributed by atoms with Gasteiger partial charge in [0.15, 0.2) is 0 Å². The summed E-state index contributed by atoms with van der Waals surface area (Å²) < 4.78 is 36.0. The number of halogens is 4. The standard InChI is InChI=1S/C8H6F3.BrH.Zn/c1-6-4-2-3-5-7(6)8(9,10)11;;/h2-5H,1H2;1H;/q-1;;+2/p-1. The number of benzene rings is 1. The average molecular weight is 304 g/mol. The van der Waals surface area contributed by atoms with E-state index in [-0.39, 0.29) is 42.0 Å². The van der Waals surface area contributed by atoms with Crippen molar-refractivity contribution in [1.29, 1.82) is 0 Å². The molecule has 0 aliphatic rings. The van der Waals surface area contributed by atoms with Crippen molar-refractivity contribution >= 4 is 0 Å². The van der Waals surface area contributed by atoms with Crippen LogP contribution in [0.15, 0.2) is 24.3 Å². The average Bonchev–Trinajstić information content (AvgIpc) is 1.86. The molecule has 0 amide bonds. The van der Waals surface area contributed by atoms with Gasteiger partial charge in [0, 0.05) is 0 Å². The largest absolute Gasteiger partial charge is 2.00 e. The number of hydrogen-bond acceptors (Lipinski definition) is 0. The molecule has 0 aromatic heterocycles. The second-order valence-corrected chi connectivity index (χ2v) is 2.15. The molecule has 13 heavy (non-hydrogen) atoms. The smallest absolute Gasteiger partial charge is 1.00 e. The zero-order chi connectivity index (χ0) is 8.48. The maximum absolute atomic E-state index is 12.0. The van der Waals surface area contributed by atoms with Gasteiger partial charge >= 0.3 is 25.7 Å². The van der Waals surface area contributed by atoms with E-state index in [9.17, 15) is 13.2 Å². The number of alkyl halides is 3. The van der Waals surface area contributed by atoms with Crippen molar-refractivity contribution in [2.45, 2.75) is 6.18 Å². The molecular formula is C8H6BrF3Zn. The summed E-state index contributed by atoms with van der Waals surface area (Å²) in [5.41, 5.74) is -0.653. The van der Waals surface area contributed by atoms with E-state index in [0.717, 1.165) is 6.07 Å². The molecule has 0 heterocycles. The predicted octanol–water partition coefficient (Wildman–Crippen LogP) is -0.111. The van der Waals surface area contributed by atoms with Crippen LogP contribution in [0.1, 0.15) is 11.1 Å². The van der Waals surface area contributed by atoms with Gasteiger partial charge in [0.1, 0.15) is 0 Å². The maximum Gasteiger partial charge on any atom is 2.00 e. The van der Waals surface area contributed by atoms with Crippen LogP contribution in [-0.4, -0.2) is 0 Å². The first-order valence-electron chi connectivity index (χ1n) is 3.00. The van der Waals surface area contributed by atoms with Crippen LogP contribution >= 0.6 is 0 Å². The molecule has 0 spiro atoms. The molecule has 0 fully saturated rings. The Morgan fingerprint density at radius 3 is 1.85 bits per heavy atom. The summed E-state index contributed by atoms with van der Waals surface area (Å²) in [5.74, 6) is 0. The van der Waals surface area contributed by atoms with Crippen LogP contribution in [0.2, 0.25) is 0 Å². The van der Waals surface area contributed by atoms with Crippen molar-refractivity contribution < 1.29 is 49.6 Å². The fourth-order valence-electron chi connectivity index (χ4n) is 0.797. The summed E-state index contributed by atoms with van der Waals surface area (Å²) >= 11 is 0. The molecule has 1 aromatic rings. The zero-order valence-corrected chi connectivity index (χ0v) is 11.3. The van der Waals surface area contributed by atoms with Crippen molar-refractivity contribution in [2.75, 3.05) is 0 Å². The maximum atomic E-state index is 12.0. The van der Waals surface area contributed by atoms with E-state index in [1.807, 2.05) is 0 Å². The zero-order valence-electron chi connectivity index (χ0n) is 6.74. The second kappa shape index (κ2) is 5.66. The first kappa shape index (κ1) is 15.5. The summed E-state index contributed by atoms with van der Waals surface area (Å²) in [6.45, 7) is 3.27. The Morgan fingerprint density at radius 2 is 1.54 bits per heavy atom. The van der Waals surface area contributed by atoms with Gasteiger partial charge in [-0.05, 0) is 5.56 Å². The predicted molar refractivity (Wildman–Crippen MR) is 35.9 cm³/mol. The second-order valence-electron chi connectivity index (χ2n) is 2.15. The molecule has 1 rings (SSSR count). The normalized spacial score (nSPS) is 9.77. The van der Waals surface area contributed by atoms with Gasteiger partial charge < -0.3 is 17.0 Å². The van der Waals surface area contributed by atoms with Crippen LogP contribution in [0, 0.1) is 6.92 Å². The van der Waals surface area contributed by atoms with Crippen LogP contribution in [-0.2, 0) is 25.7 Å². The van der Waals surface area contributed by atoms with Gasteiger partial charge in [-0.15, -0.1) is 12.1 Å². The summed E-state index contributed by atoms with van der Waals surface area (Å²) in [7, 11) is 0. The van der Waals surface area contributed by atoms with Crippen molar-refractivity contribution in [2.24, 2.45) is 0 Å². The Kier molecular flexibility index (Phi) is 6.73. The molecule has 0 radical (unpaired) electrons. The van der Waals surface area contributed by atoms with E-state index in [2.05, 4.69) is 6.92 Å². The monoisotopic (exact) mass is 302 g/mol. The molecule has 0 nitrogen and oxygen atoms in total. The Balaban J connectivity index is 0. The summed E-state index contributed by atoms with van der Waals surface area (Å²) in [6.07, 6.45) is -4.28. The first-order chi connectivity index (χ1) is 5.02. The van der Waals surface area contributed by atoms with Crippen LogP contribution in [0.3, 0.4) is 0 Å². The first-order valence-corrected chi connectivity index (χ1v) is 3.00. The van der Waals surface area contributed by atoms with Gasteiger partial charge in [0.2, 0.25) is 0 Å². The molecule has 0 N–H and O–H groups in total. The minimum atomic E-state index is -4.28. The van der Waals surface area contributed by atoms with Gasteiger partial charge in [-0.25, -0.2) is 0 Å². The van der Waals surface area contributed by atoms with Gasteiger partial charge in [-0.3, -0.25) is 0 Å². The van der Waals surface area contributed by atoms with E-state index < -0.39 is 11.7 Å². The van der Waals surface area contributed by atoms with E-state index in [1.54, 1.807) is 0 Å². The van der Waals surface area contributed by atoms with Gasteiger partial charge in [0.05, 0.1) is 0 Å². The van der Waals surface area contributed by atoms with Crippen LogP contribution < -0.4 is 17.0 Å². The van der Waals surface area contributed by atoms with E-state index in [0.29, 0.717) is 0 Å². The van der Waals surface area contributed by atoms with Gasteiger partial charge in [0.25, 0.3) is 0 Å². The minimum Gasteiger partial charge on any atom is -1.00 e. The molecule has 0 aliphatic heterocycles. The summed E-state index contributed by atoms with van der Waals surface area (Å²) in [5, 5.41) is 0.